The maximum absolute atomic E-state index is 10.7. The van der Waals surface area contributed by atoms with Crippen molar-refractivity contribution < 1.29 is 14.3 Å². The SMILES string of the molecule is CCC(C)(CC)OC(=O)OC. The quantitative estimate of drug-likeness (QED) is 0.594. The molecule has 0 fully saturated rings. The molecule has 0 aromatic carbocycles. The molecule has 0 N–H and O–H groups in total. The van der Waals surface area contributed by atoms with Gasteiger partial charge in [-0.15, -0.1) is 0 Å². The lowest BCUT2D eigenvalue weighted by atomic mass is 10.0. The zero-order valence-corrected chi connectivity index (χ0v) is 7.64. The molecule has 0 bridgehead atoms. The third kappa shape index (κ3) is 3.25. The van der Waals surface area contributed by atoms with Gasteiger partial charge in [-0.1, -0.05) is 13.8 Å². The van der Waals surface area contributed by atoms with E-state index in [1.807, 2.05) is 20.8 Å². The van der Waals surface area contributed by atoms with Gasteiger partial charge in [0.05, 0.1) is 7.11 Å². The summed E-state index contributed by atoms with van der Waals surface area (Å²) in [5.74, 6) is 0. The van der Waals surface area contributed by atoms with Crippen LogP contribution in [0.2, 0.25) is 0 Å². The van der Waals surface area contributed by atoms with Crippen LogP contribution in [0.3, 0.4) is 0 Å². The van der Waals surface area contributed by atoms with Crippen molar-refractivity contribution in [2.75, 3.05) is 7.11 Å². The lowest BCUT2D eigenvalue weighted by molar-refractivity contribution is -0.0213. The Labute approximate surface area is 67.7 Å². The molecule has 0 amide bonds. The van der Waals surface area contributed by atoms with Crippen molar-refractivity contribution in [1.29, 1.82) is 0 Å². The van der Waals surface area contributed by atoms with Crippen LogP contribution in [0.15, 0.2) is 0 Å². The second-order valence-corrected chi connectivity index (χ2v) is 2.71. The molecule has 0 radical (unpaired) electrons. The first-order chi connectivity index (χ1) is 5.08. The number of carbonyl (C=O) groups excluding carboxylic acids is 1. The van der Waals surface area contributed by atoms with E-state index in [0.29, 0.717) is 0 Å². The summed E-state index contributed by atoms with van der Waals surface area (Å²) in [5.41, 5.74) is -0.368. The smallest absolute Gasteiger partial charge is 0.438 e. The topological polar surface area (TPSA) is 35.5 Å². The molecular weight excluding hydrogens is 144 g/mol. The standard InChI is InChI=1S/C8H16O3/c1-5-8(3,6-2)11-7(9)10-4/h5-6H2,1-4H3. The Kier molecular flexibility index (Phi) is 3.93. The van der Waals surface area contributed by atoms with Crippen molar-refractivity contribution in [2.45, 2.75) is 39.2 Å². The highest BCUT2D eigenvalue weighted by Crippen LogP contribution is 2.19. The van der Waals surface area contributed by atoms with Gasteiger partial charge in [-0.25, -0.2) is 4.79 Å². The largest absolute Gasteiger partial charge is 0.508 e. The maximum atomic E-state index is 10.7. The summed E-state index contributed by atoms with van der Waals surface area (Å²) in [7, 11) is 1.31. The fraction of sp³-hybridized carbons (Fsp3) is 0.875. The lowest BCUT2D eigenvalue weighted by Gasteiger charge is -2.25. The van der Waals surface area contributed by atoms with Gasteiger partial charge in [0, 0.05) is 0 Å². The molecule has 66 valence electrons. The van der Waals surface area contributed by atoms with Crippen molar-refractivity contribution >= 4 is 6.16 Å². The summed E-state index contributed by atoms with van der Waals surface area (Å²) < 4.78 is 9.41. The first kappa shape index (κ1) is 10.3. The van der Waals surface area contributed by atoms with Gasteiger partial charge in [0.25, 0.3) is 0 Å². The summed E-state index contributed by atoms with van der Waals surface area (Å²) in [6.07, 6.45) is 1.01. The molecular formula is C8H16O3. The van der Waals surface area contributed by atoms with Crippen molar-refractivity contribution in [3.63, 3.8) is 0 Å². The normalized spacial score (nSPS) is 10.9. The van der Waals surface area contributed by atoms with Crippen molar-refractivity contribution in [1.82, 2.24) is 0 Å². The van der Waals surface area contributed by atoms with E-state index in [-0.39, 0.29) is 5.60 Å². The third-order valence-electron chi connectivity index (χ3n) is 1.99. The predicted octanol–water partition coefficient (Wildman–Crippen LogP) is 2.35. The Morgan fingerprint density at radius 3 is 2.09 bits per heavy atom. The van der Waals surface area contributed by atoms with Crippen LogP contribution in [0.1, 0.15) is 33.6 Å². The molecule has 0 saturated heterocycles. The Hall–Kier alpha value is -0.730. The number of ether oxygens (including phenoxy) is 2. The van der Waals surface area contributed by atoms with Gasteiger partial charge in [-0.05, 0) is 19.8 Å². The Morgan fingerprint density at radius 2 is 1.82 bits per heavy atom. The van der Waals surface area contributed by atoms with Crippen molar-refractivity contribution in [2.24, 2.45) is 0 Å². The van der Waals surface area contributed by atoms with Crippen molar-refractivity contribution in [3.8, 4) is 0 Å². The molecule has 0 unspecified atom stereocenters. The minimum absolute atomic E-state index is 0.368. The van der Waals surface area contributed by atoms with E-state index in [2.05, 4.69) is 4.74 Å². The molecule has 0 saturated carbocycles. The minimum Gasteiger partial charge on any atom is -0.438 e. The fourth-order valence-corrected chi connectivity index (χ4v) is 0.637. The molecule has 0 aliphatic carbocycles. The van der Waals surface area contributed by atoms with Crippen LogP contribution in [-0.4, -0.2) is 18.9 Å². The Morgan fingerprint density at radius 1 is 1.36 bits per heavy atom. The van der Waals surface area contributed by atoms with Gasteiger partial charge < -0.3 is 9.47 Å². The summed E-state index contributed by atoms with van der Waals surface area (Å²) in [6.45, 7) is 5.85. The van der Waals surface area contributed by atoms with Crippen LogP contribution in [-0.2, 0) is 9.47 Å². The second kappa shape index (κ2) is 4.21. The highest BCUT2D eigenvalue weighted by atomic mass is 16.7. The van der Waals surface area contributed by atoms with E-state index >= 15 is 0 Å². The molecule has 0 heterocycles. The molecule has 0 aromatic heterocycles. The van der Waals surface area contributed by atoms with Crippen LogP contribution in [0.5, 0.6) is 0 Å². The third-order valence-corrected chi connectivity index (χ3v) is 1.99. The van der Waals surface area contributed by atoms with Crippen LogP contribution in [0, 0.1) is 0 Å². The second-order valence-electron chi connectivity index (χ2n) is 2.71. The maximum Gasteiger partial charge on any atom is 0.508 e. The van der Waals surface area contributed by atoms with Crippen LogP contribution in [0.4, 0.5) is 4.79 Å². The monoisotopic (exact) mass is 160 g/mol. The first-order valence-electron chi connectivity index (χ1n) is 3.85. The number of methoxy groups -OCH3 is 1. The number of rotatable bonds is 3. The summed E-state index contributed by atoms with van der Waals surface area (Å²) >= 11 is 0. The number of carbonyl (C=O) groups is 1. The average Bonchev–Trinajstić information content (AvgIpc) is 2.04. The average molecular weight is 160 g/mol. The zero-order chi connectivity index (χ0) is 8.91. The molecule has 3 heteroatoms. The van der Waals surface area contributed by atoms with Gasteiger partial charge in [-0.2, -0.15) is 0 Å². The van der Waals surface area contributed by atoms with E-state index in [0.717, 1.165) is 12.8 Å². The molecule has 11 heavy (non-hydrogen) atoms. The van der Waals surface area contributed by atoms with E-state index in [9.17, 15) is 4.79 Å². The van der Waals surface area contributed by atoms with Gasteiger partial charge in [0.15, 0.2) is 0 Å². The van der Waals surface area contributed by atoms with Gasteiger partial charge in [0.1, 0.15) is 5.60 Å². The van der Waals surface area contributed by atoms with Crippen molar-refractivity contribution in [3.05, 3.63) is 0 Å². The lowest BCUT2D eigenvalue weighted by Crippen LogP contribution is -2.29. The summed E-state index contributed by atoms with van der Waals surface area (Å²) in [4.78, 5) is 10.7. The van der Waals surface area contributed by atoms with E-state index in [4.69, 9.17) is 4.74 Å². The molecule has 0 aliphatic rings. The Balaban J connectivity index is 3.96. The highest BCUT2D eigenvalue weighted by Gasteiger charge is 2.24. The van der Waals surface area contributed by atoms with Crippen LogP contribution in [0.25, 0.3) is 0 Å². The van der Waals surface area contributed by atoms with Crippen LogP contribution < -0.4 is 0 Å². The molecule has 0 aliphatic heterocycles. The summed E-state index contributed by atoms with van der Waals surface area (Å²) in [5, 5.41) is 0. The number of hydrogen-bond acceptors (Lipinski definition) is 3. The number of hydrogen-bond donors (Lipinski definition) is 0. The van der Waals surface area contributed by atoms with E-state index < -0.39 is 6.16 Å². The van der Waals surface area contributed by atoms with Crippen LogP contribution >= 0.6 is 0 Å². The van der Waals surface area contributed by atoms with E-state index in [1.165, 1.54) is 7.11 Å². The molecule has 3 nitrogen and oxygen atoms in total. The zero-order valence-electron chi connectivity index (χ0n) is 7.64. The minimum atomic E-state index is -0.601. The fourth-order valence-electron chi connectivity index (χ4n) is 0.637. The highest BCUT2D eigenvalue weighted by molar-refractivity contribution is 5.60. The van der Waals surface area contributed by atoms with Gasteiger partial charge in [-0.3, -0.25) is 0 Å². The molecule has 0 atom stereocenters. The predicted molar refractivity (Wildman–Crippen MR) is 42.5 cm³/mol. The molecule has 0 aromatic rings. The summed E-state index contributed by atoms with van der Waals surface area (Å²) in [6, 6.07) is 0. The Bertz CT molecular complexity index is 127. The molecule has 0 spiro atoms. The first-order valence-corrected chi connectivity index (χ1v) is 3.85. The molecule has 0 rings (SSSR count). The van der Waals surface area contributed by atoms with E-state index in [1.54, 1.807) is 0 Å². The van der Waals surface area contributed by atoms with Gasteiger partial charge in [0.2, 0.25) is 0 Å². The van der Waals surface area contributed by atoms with Gasteiger partial charge >= 0.3 is 6.16 Å².